The molecule has 0 spiro atoms. The minimum atomic E-state index is -0.631. The average molecular weight is 254 g/mol. The smallest absolute Gasteiger partial charge is 0.303 e. The zero-order chi connectivity index (χ0) is 13.0. The quantitative estimate of drug-likeness (QED) is 0.799. The summed E-state index contributed by atoms with van der Waals surface area (Å²) in [6, 6.07) is 0.621. The van der Waals surface area contributed by atoms with Crippen molar-refractivity contribution in [3.05, 3.63) is 0 Å². The lowest BCUT2D eigenvalue weighted by molar-refractivity contribution is -0.138. The second-order valence-corrected chi connectivity index (χ2v) is 5.77. The van der Waals surface area contributed by atoms with Gasteiger partial charge in [-0.1, -0.05) is 6.92 Å². The zero-order valence-corrected chi connectivity index (χ0v) is 11.4. The summed E-state index contributed by atoms with van der Waals surface area (Å²) >= 11 is 0. The predicted octanol–water partition coefficient (Wildman–Crippen LogP) is 1.56. The van der Waals surface area contributed by atoms with E-state index in [0.717, 1.165) is 44.9 Å². The molecule has 2 fully saturated rings. The second kappa shape index (κ2) is 6.53. The van der Waals surface area contributed by atoms with E-state index in [2.05, 4.69) is 17.1 Å². The fourth-order valence-corrected chi connectivity index (χ4v) is 3.67. The van der Waals surface area contributed by atoms with E-state index in [0.29, 0.717) is 18.4 Å². The van der Waals surface area contributed by atoms with Crippen LogP contribution in [0.15, 0.2) is 0 Å². The Morgan fingerprint density at radius 3 is 2.67 bits per heavy atom. The molecule has 0 radical (unpaired) electrons. The van der Waals surface area contributed by atoms with E-state index in [9.17, 15) is 4.79 Å². The SMILES string of the molecule is CCN1CCC(CC(=O)O)CC1C1CCNCC1. The summed E-state index contributed by atoms with van der Waals surface area (Å²) < 4.78 is 0. The molecule has 2 saturated heterocycles. The van der Waals surface area contributed by atoms with Crippen LogP contribution < -0.4 is 5.32 Å². The fourth-order valence-electron chi connectivity index (χ4n) is 3.67. The van der Waals surface area contributed by atoms with Crippen LogP contribution >= 0.6 is 0 Å². The molecule has 2 atom stereocenters. The van der Waals surface area contributed by atoms with Crippen molar-refractivity contribution >= 4 is 5.97 Å². The number of carboxylic acids is 1. The largest absolute Gasteiger partial charge is 0.481 e. The van der Waals surface area contributed by atoms with Crippen molar-refractivity contribution in [1.29, 1.82) is 0 Å². The van der Waals surface area contributed by atoms with Crippen LogP contribution in [0.1, 0.15) is 39.0 Å². The van der Waals surface area contributed by atoms with Crippen LogP contribution in [-0.2, 0) is 4.79 Å². The van der Waals surface area contributed by atoms with E-state index in [1.807, 2.05) is 0 Å². The number of carbonyl (C=O) groups is 1. The molecule has 0 amide bonds. The Morgan fingerprint density at radius 2 is 2.06 bits per heavy atom. The topological polar surface area (TPSA) is 52.6 Å². The van der Waals surface area contributed by atoms with E-state index < -0.39 is 5.97 Å². The number of hydrogen-bond donors (Lipinski definition) is 2. The Labute approximate surface area is 110 Å². The van der Waals surface area contributed by atoms with Gasteiger partial charge in [0.2, 0.25) is 0 Å². The predicted molar refractivity (Wildman–Crippen MR) is 71.6 cm³/mol. The first-order valence-corrected chi connectivity index (χ1v) is 7.37. The maximum atomic E-state index is 10.9. The second-order valence-electron chi connectivity index (χ2n) is 5.77. The number of hydrogen-bond acceptors (Lipinski definition) is 3. The van der Waals surface area contributed by atoms with Gasteiger partial charge in [0.1, 0.15) is 0 Å². The molecule has 18 heavy (non-hydrogen) atoms. The van der Waals surface area contributed by atoms with Gasteiger partial charge in [-0.15, -0.1) is 0 Å². The number of nitrogens with zero attached hydrogens (tertiary/aromatic N) is 1. The van der Waals surface area contributed by atoms with Gasteiger partial charge in [0, 0.05) is 12.5 Å². The highest BCUT2D eigenvalue weighted by atomic mass is 16.4. The molecule has 0 aromatic carbocycles. The van der Waals surface area contributed by atoms with Crippen LogP contribution in [0.4, 0.5) is 0 Å². The molecule has 2 N–H and O–H groups in total. The molecule has 0 aliphatic carbocycles. The standard InChI is InChI=1S/C14H26N2O2/c1-2-16-8-5-11(10-14(17)18)9-13(16)12-3-6-15-7-4-12/h11-13,15H,2-10H2,1H3,(H,17,18). The van der Waals surface area contributed by atoms with Gasteiger partial charge in [-0.05, 0) is 63.7 Å². The van der Waals surface area contributed by atoms with Gasteiger partial charge in [0.05, 0.1) is 0 Å². The third kappa shape index (κ3) is 3.45. The van der Waals surface area contributed by atoms with E-state index in [1.54, 1.807) is 0 Å². The Balaban J connectivity index is 1.95. The van der Waals surface area contributed by atoms with Gasteiger partial charge in [0.15, 0.2) is 0 Å². The van der Waals surface area contributed by atoms with Crippen LogP contribution in [0.25, 0.3) is 0 Å². The molecule has 4 heteroatoms. The minimum Gasteiger partial charge on any atom is -0.481 e. The summed E-state index contributed by atoms with van der Waals surface area (Å²) in [4.78, 5) is 13.5. The molecule has 104 valence electrons. The molecule has 0 bridgehead atoms. The van der Waals surface area contributed by atoms with Crippen molar-refractivity contribution in [2.75, 3.05) is 26.2 Å². The minimum absolute atomic E-state index is 0.360. The summed E-state index contributed by atoms with van der Waals surface area (Å²) in [6.07, 6.45) is 5.01. The summed E-state index contributed by atoms with van der Waals surface area (Å²) in [7, 11) is 0. The first-order valence-electron chi connectivity index (χ1n) is 7.37. The summed E-state index contributed by atoms with van der Waals surface area (Å²) in [5, 5.41) is 12.4. The van der Waals surface area contributed by atoms with Crippen molar-refractivity contribution in [2.45, 2.75) is 45.1 Å². The summed E-state index contributed by atoms with van der Waals surface area (Å²) in [5.41, 5.74) is 0. The summed E-state index contributed by atoms with van der Waals surface area (Å²) in [5.74, 6) is 0.530. The highest BCUT2D eigenvalue weighted by Crippen LogP contribution is 2.32. The lowest BCUT2D eigenvalue weighted by Gasteiger charge is -2.44. The van der Waals surface area contributed by atoms with Gasteiger partial charge in [-0.2, -0.15) is 0 Å². The molecule has 2 heterocycles. The molecule has 2 aliphatic heterocycles. The molecule has 4 nitrogen and oxygen atoms in total. The highest BCUT2D eigenvalue weighted by Gasteiger charge is 2.34. The fraction of sp³-hybridized carbons (Fsp3) is 0.929. The first-order chi connectivity index (χ1) is 8.70. The summed E-state index contributed by atoms with van der Waals surface area (Å²) in [6.45, 7) is 6.67. The van der Waals surface area contributed by atoms with Gasteiger partial charge in [-0.25, -0.2) is 0 Å². The van der Waals surface area contributed by atoms with Crippen molar-refractivity contribution in [2.24, 2.45) is 11.8 Å². The average Bonchev–Trinajstić information content (AvgIpc) is 2.39. The van der Waals surface area contributed by atoms with Crippen LogP contribution in [0.2, 0.25) is 0 Å². The molecule has 0 saturated carbocycles. The Hall–Kier alpha value is -0.610. The van der Waals surface area contributed by atoms with Crippen molar-refractivity contribution in [3.63, 3.8) is 0 Å². The molecule has 2 rings (SSSR count). The van der Waals surface area contributed by atoms with Crippen LogP contribution in [0.5, 0.6) is 0 Å². The Bertz CT molecular complexity index is 277. The molecular weight excluding hydrogens is 228 g/mol. The number of likely N-dealkylation sites (tertiary alicyclic amines) is 1. The molecular formula is C14H26N2O2. The Kier molecular flexibility index (Phi) is 5.01. The number of aliphatic carboxylic acids is 1. The lowest BCUT2D eigenvalue weighted by Crippen LogP contribution is -2.49. The lowest BCUT2D eigenvalue weighted by atomic mass is 9.79. The van der Waals surface area contributed by atoms with Gasteiger partial charge in [-0.3, -0.25) is 4.79 Å². The van der Waals surface area contributed by atoms with E-state index in [4.69, 9.17) is 5.11 Å². The number of carboxylic acid groups (broad SMARTS) is 1. The van der Waals surface area contributed by atoms with Gasteiger partial charge in [0.25, 0.3) is 0 Å². The van der Waals surface area contributed by atoms with E-state index in [1.165, 1.54) is 12.8 Å². The van der Waals surface area contributed by atoms with Gasteiger partial charge < -0.3 is 15.3 Å². The number of nitrogens with one attached hydrogen (secondary N) is 1. The molecule has 2 unspecified atom stereocenters. The van der Waals surface area contributed by atoms with Crippen molar-refractivity contribution in [1.82, 2.24) is 10.2 Å². The third-order valence-corrected chi connectivity index (χ3v) is 4.67. The molecule has 2 aliphatic rings. The molecule has 0 aromatic rings. The maximum Gasteiger partial charge on any atom is 0.303 e. The molecule has 0 aromatic heterocycles. The van der Waals surface area contributed by atoms with E-state index in [-0.39, 0.29) is 0 Å². The third-order valence-electron chi connectivity index (χ3n) is 4.67. The van der Waals surface area contributed by atoms with Crippen LogP contribution in [-0.4, -0.2) is 48.2 Å². The Morgan fingerprint density at radius 1 is 1.33 bits per heavy atom. The van der Waals surface area contributed by atoms with E-state index >= 15 is 0 Å². The number of piperidine rings is 2. The van der Waals surface area contributed by atoms with Crippen LogP contribution in [0.3, 0.4) is 0 Å². The monoisotopic (exact) mass is 254 g/mol. The van der Waals surface area contributed by atoms with Gasteiger partial charge >= 0.3 is 5.97 Å². The first kappa shape index (κ1) is 13.8. The number of rotatable bonds is 4. The normalized spacial score (nSPS) is 31.4. The van der Waals surface area contributed by atoms with Crippen LogP contribution in [0, 0.1) is 11.8 Å². The van der Waals surface area contributed by atoms with Crippen molar-refractivity contribution in [3.8, 4) is 0 Å². The maximum absolute atomic E-state index is 10.9. The van der Waals surface area contributed by atoms with Crippen molar-refractivity contribution < 1.29 is 9.90 Å². The zero-order valence-electron chi connectivity index (χ0n) is 11.4. The highest BCUT2D eigenvalue weighted by molar-refractivity contribution is 5.67.